The topological polar surface area (TPSA) is 96.0 Å². The maximum atomic E-state index is 13.5. The molecule has 1 atom stereocenters. The summed E-state index contributed by atoms with van der Waals surface area (Å²) in [6.07, 6.45) is 1.74. The molecule has 0 spiro atoms. The van der Waals surface area contributed by atoms with Gasteiger partial charge in [-0.05, 0) is 36.6 Å². The molecule has 0 aromatic heterocycles. The van der Waals surface area contributed by atoms with Crippen molar-refractivity contribution in [3.05, 3.63) is 64.7 Å². The maximum Gasteiger partial charge on any atom is 0.354 e. The summed E-state index contributed by atoms with van der Waals surface area (Å²) >= 11 is 6.11. The van der Waals surface area contributed by atoms with Gasteiger partial charge in [0.15, 0.2) is 6.61 Å². The molecule has 170 valence electrons. The molecule has 9 heteroatoms. The average Bonchev–Trinajstić information content (AvgIpc) is 3.59. The number of rotatable bonds is 6. The van der Waals surface area contributed by atoms with E-state index in [9.17, 15) is 19.2 Å². The van der Waals surface area contributed by atoms with Gasteiger partial charge in [0.05, 0.1) is 11.3 Å². The monoisotopic (exact) mass is 467 g/mol. The van der Waals surface area contributed by atoms with Crippen LogP contribution in [0.2, 0.25) is 5.02 Å². The largest absolute Gasteiger partial charge is 0.452 e. The summed E-state index contributed by atoms with van der Waals surface area (Å²) in [4.78, 5) is 55.0. The molecule has 3 aliphatic rings. The lowest BCUT2D eigenvalue weighted by atomic mass is 9.96. The van der Waals surface area contributed by atoms with Crippen molar-refractivity contribution in [1.29, 1.82) is 0 Å². The third-order valence-electron chi connectivity index (χ3n) is 6.31. The Kier molecular flexibility index (Phi) is 5.32. The molecule has 3 amide bonds. The molecule has 2 aliphatic heterocycles. The first kappa shape index (κ1) is 21.5. The van der Waals surface area contributed by atoms with Crippen LogP contribution >= 0.6 is 11.6 Å². The van der Waals surface area contributed by atoms with Gasteiger partial charge in [-0.15, -0.1) is 0 Å². The highest BCUT2D eigenvalue weighted by atomic mass is 35.5. The van der Waals surface area contributed by atoms with E-state index in [1.54, 1.807) is 42.5 Å². The maximum absolute atomic E-state index is 13.5. The summed E-state index contributed by atoms with van der Waals surface area (Å²) in [5, 5.41) is 3.19. The number of nitrogens with one attached hydrogen (secondary N) is 1. The van der Waals surface area contributed by atoms with Gasteiger partial charge in [0, 0.05) is 30.5 Å². The van der Waals surface area contributed by atoms with E-state index in [0.29, 0.717) is 16.3 Å². The Bertz CT molecular complexity index is 1160. The van der Waals surface area contributed by atoms with Crippen molar-refractivity contribution in [3.63, 3.8) is 0 Å². The minimum absolute atomic E-state index is 0.110. The number of para-hydroxylation sites is 1. The van der Waals surface area contributed by atoms with Crippen LogP contribution < -0.4 is 10.2 Å². The predicted octanol–water partition coefficient (Wildman–Crippen LogP) is 2.64. The highest BCUT2D eigenvalue weighted by Gasteiger charge is 2.64. The van der Waals surface area contributed by atoms with E-state index in [-0.39, 0.29) is 37.2 Å². The summed E-state index contributed by atoms with van der Waals surface area (Å²) < 4.78 is 5.41. The van der Waals surface area contributed by atoms with Gasteiger partial charge in [-0.3, -0.25) is 19.3 Å². The second-order valence-corrected chi connectivity index (χ2v) is 8.82. The average molecular weight is 468 g/mol. The Morgan fingerprint density at radius 3 is 2.58 bits per heavy atom. The summed E-state index contributed by atoms with van der Waals surface area (Å²) in [5.41, 5.74) is -0.0332. The fourth-order valence-electron chi connectivity index (χ4n) is 4.65. The fraction of sp³-hybridized carbons (Fsp3) is 0.333. The van der Waals surface area contributed by atoms with Crippen molar-refractivity contribution < 1.29 is 23.9 Å². The zero-order valence-corrected chi connectivity index (χ0v) is 18.5. The van der Waals surface area contributed by atoms with Gasteiger partial charge < -0.3 is 15.0 Å². The molecule has 1 saturated carbocycles. The summed E-state index contributed by atoms with van der Waals surface area (Å²) in [5.74, 6) is -1.81. The van der Waals surface area contributed by atoms with Crippen LogP contribution in [0.3, 0.4) is 0 Å². The molecular weight excluding hydrogens is 446 g/mol. The standard InChI is InChI=1S/C24H22ClN3O5/c25-18-7-3-1-5-15(18)13-26-20(29)14-33-23(32)24-12-11-21(30)28(24)19-8-4-2-6-17(19)22(31)27(24)16-9-10-16/h1-8,16H,9-14H2,(H,26,29)/t24-/m1/s1. The van der Waals surface area contributed by atoms with E-state index in [1.165, 1.54) is 9.80 Å². The second-order valence-electron chi connectivity index (χ2n) is 8.41. The van der Waals surface area contributed by atoms with Gasteiger partial charge >= 0.3 is 5.97 Å². The Hall–Kier alpha value is -3.39. The number of esters is 1. The number of anilines is 1. The van der Waals surface area contributed by atoms with E-state index >= 15 is 0 Å². The minimum atomic E-state index is -1.56. The number of ether oxygens (including phenoxy) is 1. The van der Waals surface area contributed by atoms with E-state index in [4.69, 9.17) is 16.3 Å². The van der Waals surface area contributed by atoms with Crippen molar-refractivity contribution in [2.24, 2.45) is 0 Å². The number of hydrogen-bond acceptors (Lipinski definition) is 5. The van der Waals surface area contributed by atoms with Crippen LogP contribution in [0.5, 0.6) is 0 Å². The predicted molar refractivity (Wildman–Crippen MR) is 119 cm³/mol. The Morgan fingerprint density at radius 1 is 1.09 bits per heavy atom. The first-order valence-electron chi connectivity index (χ1n) is 10.9. The molecule has 0 bridgehead atoms. The van der Waals surface area contributed by atoms with E-state index in [0.717, 1.165) is 18.4 Å². The smallest absolute Gasteiger partial charge is 0.354 e. The first-order chi connectivity index (χ1) is 15.9. The van der Waals surface area contributed by atoms with Gasteiger partial charge in [-0.1, -0.05) is 41.9 Å². The molecule has 0 unspecified atom stereocenters. The quantitative estimate of drug-likeness (QED) is 0.659. The van der Waals surface area contributed by atoms with Crippen LogP contribution in [0.25, 0.3) is 0 Å². The number of hydrogen-bond donors (Lipinski definition) is 1. The van der Waals surface area contributed by atoms with Crippen LogP contribution in [-0.4, -0.2) is 46.9 Å². The number of carbonyl (C=O) groups excluding carboxylic acids is 4. The molecule has 33 heavy (non-hydrogen) atoms. The minimum Gasteiger partial charge on any atom is -0.452 e. The van der Waals surface area contributed by atoms with Gasteiger partial charge in [0.25, 0.3) is 11.8 Å². The number of nitrogens with zero attached hydrogens (tertiary/aromatic N) is 2. The third-order valence-corrected chi connectivity index (χ3v) is 6.68. The van der Waals surface area contributed by atoms with Gasteiger partial charge in [-0.25, -0.2) is 4.79 Å². The highest BCUT2D eigenvalue weighted by Crippen LogP contribution is 2.49. The Labute approximate surface area is 195 Å². The SMILES string of the molecule is O=C(COC(=O)[C@@]12CCC(=O)N1c1ccccc1C(=O)N2C1CC1)NCc1ccccc1Cl. The normalized spacial score (nSPS) is 21.5. The number of carbonyl (C=O) groups is 4. The van der Waals surface area contributed by atoms with Gasteiger partial charge in [0.1, 0.15) is 0 Å². The summed E-state index contributed by atoms with van der Waals surface area (Å²) in [7, 11) is 0. The third kappa shape index (κ3) is 3.54. The molecule has 1 aliphatic carbocycles. The lowest BCUT2D eigenvalue weighted by Crippen LogP contribution is -2.69. The van der Waals surface area contributed by atoms with Crippen LogP contribution in [0.4, 0.5) is 5.69 Å². The lowest BCUT2D eigenvalue weighted by Gasteiger charge is -2.48. The zero-order valence-electron chi connectivity index (χ0n) is 17.8. The molecule has 5 rings (SSSR count). The molecule has 0 radical (unpaired) electrons. The van der Waals surface area contributed by atoms with Gasteiger partial charge in [0.2, 0.25) is 11.6 Å². The van der Waals surface area contributed by atoms with Crippen LogP contribution in [0.15, 0.2) is 48.5 Å². The lowest BCUT2D eigenvalue weighted by molar-refractivity contribution is -0.160. The van der Waals surface area contributed by atoms with Crippen molar-refractivity contribution in [2.75, 3.05) is 11.5 Å². The van der Waals surface area contributed by atoms with Gasteiger partial charge in [-0.2, -0.15) is 0 Å². The van der Waals surface area contributed by atoms with E-state index < -0.39 is 24.1 Å². The fourth-order valence-corrected chi connectivity index (χ4v) is 4.85. The van der Waals surface area contributed by atoms with Crippen LogP contribution in [-0.2, 0) is 25.7 Å². The van der Waals surface area contributed by atoms with Crippen molar-refractivity contribution in [1.82, 2.24) is 10.2 Å². The molecule has 2 heterocycles. The number of benzene rings is 2. The number of fused-ring (bicyclic) bond motifs is 3. The van der Waals surface area contributed by atoms with E-state index in [2.05, 4.69) is 5.32 Å². The van der Waals surface area contributed by atoms with Crippen LogP contribution in [0, 0.1) is 0 Å². The zero-order chi connectivity index (χ0) is 23.2. The van der Waals surface area contributed by atoms with Crippen molar-refractivity contribution >= 4 is 41.0 Å². The highest BCUT2D eigenvalue weighted by molar-refractivity contribution is 6.31. The first-order valence-corrected chi connectivity index (χ1v) is 11.2. The second kappa shape index (κ2) is 8.19. The molecule has 2 aromatic rings. The Morgan fingerprint density at radius 2 is 1.82 bits per heavy atom. The molecule has 1 N–H and O–H groups in total. The number of amides is 3. The summed E-state index contributed by atoms with van der Waals surface area (Å²) in [6, 6.07) is 13.8. The molecule has 2 fully saturated rings. The van der Waals surface area contributed by atoms with E-state index in [1.807, 2.05) is 6.07 Å². The molecule has 1 saturated heterocycles. The molecule has 8 nitrogen and oxygen atoms in total. The number of halogens is 1. The molecule has 2 aromatic carbocycles. The van der Waals surface area contributed by atoms with Crippen LogP contribution in [0.1, 0.15) is 41.6 Å². The van der Waals surface area contributed by atoms with Crippen molar-refractivity contribution in [3.8, 4) is 0 Å². The Balaban J connectivity index is 1.37. The van der Waals surface area contributed by atoms with Crippen molar-refractivity contribution in [2.45, 2.75) is 43.9 Å². The summed E-state index contributed by atoms with van der Waals surface area (Å²) in [6.45, 7) is -0.340. The molecular formula is C24H22ClN3O5.